The van der Waals surface area contributed by atoms with Crippen molar-refractivity contribution in [2.45, 2.75) is 6.42 Å². The topological polar surface area (TPSA) is 112 Å². The Kier molecular flexibility index (Phi) is 3.22. The van der Waals surface area contributed by atoms with Crippen molar-refractivity contribution in [2.75, 3.05) is 11.9 Å². The largest absolute Gasteiger partial charge is 0.423 e. The number of hydrogen-bond acceptors (Lipinski definition) is 7. The zero-order chi connectivity index (χ0) is 14.8. The summed E-state index contributed by atoms with van der Waals surface area (Å²) >= 11 is 0. The Balaban J connectivity index is 1.73. The standard InChI is InChI=1S/C12H12N6O3/c1-17-7-14-10(16-17)5-6-13-12-15-11-8(18(19)20)3-2-4-9(11)21-12/h2-4,7H,5-6H2,1H3,(H,13,15). The van der Waals surface area contributed by atoms with Gasteiger partial charge in [0.05, 0.1) is 4.92 Å². The van der Waals surface area contributed by atoms with Gasteiger partial charge in [-0.3, -0.25) is 14.8 Å². The Morgan fingerprint density at radius 3 is 3.05 bits per heavy atom. The van der Waals surface area contributed by atoms with E-state index in [1.54, 1.807) is 30.2 Å². The minimum absolute atomic E-state index is 0.0734. The number of rotatable bonds is 5. The van der Waals surface area contributed by atoms with Gasteiger partial charge in [0.1, 0.15) is 6.33 Å². The molecule has 0 bridgehead atoms. The fourth-order valence-corrected chi connectivity index (χ4v) is 1.94. The van der Waals surface area contributed by atoms with Gasteiger partial charge in [0.25, 0.3) is 11.7 Å². The molecule has 3 rings (SSSR count). The maximum atomic E-state index is 10.9. The van der Waals surface area contributed by atoms with Crippen LogP contribution in [0.1, 0.15) is 5.82 Å². The quantitative estimate of drug-likeness (QED) is 0.559. The fraction of sp³-hybridized carbons (Fsp3) is 0.250. The Bertz CT molecular complexity index is 793. The molecule has 0 fully saturated rings. The Morgan fingerprint density at radius 1 is 1.48 bits per heavy atom. The Morgan fingerprint density at radius 2 is 2.33 bits per heavy atom. The highest BCUT2D eigenvalue weighted by molar-refractivity contribution is 5.83. The monoisotopic (exact) mass is 288 g/mol. The van der Waals surface area contributed by atoms with Gasteiger partial charge in [-0.25, -0.2) is 4.98 Å². The molecule has 2 aromatic heterocycles. The molecule has 0 radical (unpaired) electrons. The molecule has 108 valence electrons. The van der Waals surface area contributed by atoms with E-state index in [2.05, 4.69) is 20.4 Å². The molecule has 9 nitrogen and oxygen atoms in total. The van der Waals surface area contributed by atoms with Crippen LogP contribution in [0.15, 0.2) is 28.9 Å². The SMILES string of the molecule is Cn1cnc(CCNc2nc3c([N+](=O)[O-])cccc3o2)n1. The van der Waals surface area contributed by atoms with E-state index in [1.165, 1.54) is 6.07 Å². The van der Waals surface area contributed by atoms with Crippen LogP contribution in [0.2, 0.25) is 0 Å². The number of nitro groups is 1. The van der Waals surface area contributed by atoms with E-state index in [4.69, 9.17) is 4.42 Å². The summed E-state index contributed by atoms with van der Waals surface area (Å²) < 4.78 is 7.05. The third-order valence-corrected chi connectivity index (χ3v) is 2.87. The van der Waals surface area contributed by atoms with Gasteiger partial charge in [-0.2, -0.15) is 10.1 Å². The van der Waals surface area contributed by atoms with Crippen LogP contribution in [-0.2, 0) is 13.5 Å². The lowest BCUT2D eigenvalue weighted by molar-refractivity contribution is -0.383. The summed E-state index contributed by atoms with van der Waals surface area (Å²) in [6.07, 6.45) is 2.22. The minimum atomic E-state index is -0.480. The van der Waals surface area contributed by atoms with Gasteiger partial charge in [-0.1, -0.05) is 6.07 Å². The number of oxazole rings is 1. The average molecular weight is 288 g/mol. The van der Waals surface area contributed by atoms with Crippen molar-refractivity contribution in [2.24, 2.45) is 7.05 Å². The van der Waals surface area contributed by atoms with Gasteiger partial charge >= 0.3 is 0 Å². The number of anilines is 1. The summed E-state index contributed by atoms with van der Waals surface area (Å²) in [6, 6.07) is 4.84. The summed E-state index contributed by atoms with van der Waals surface area (Å²) in [7, 11) is 1.80. The van der Waals surface area contributed by atoms with E-state index < -0.39 is 4.92 Å². The first-order valence-electron chi connectivity index (χ1n) is 6.26. The van der Waals surface area contributed by atoms with Crippen molar-refractivity contribution < 1.29 is 9.34 Å². The molecule has 0 amide bonds. The zero-order valence-corrected chi connectivity index (χ0v) is 11.2. The van der Waals surface area contributed by atoms with Gasteiger partial charge < -0.3 is 9.73 Å². The van der Waals surface area contributed by atoms with Crippen molar-refractivity contribution >= 4 is 22.8 Å². The number of nitrogens with zero attached hydrogens (tertiary/aromatic N) is 5. The van der Waals surface area contributed by atoms with Crippen LogP contribution in [0.25, 0.3) is 11.1 Å². The fourth-order valence-electron chi connectivity index (χ4n) is 1.94. The van der Waals surface area contributed by atoms with Crippen molar-refractivity contribution in [3.63, 3.8) is 0 Å². The van der Waals surface area contributed by atoms with Crippen molar-refractivity contribution in [1.29, 1.82) is 0 Å². The van der Waals surface area contributed by atoms with E-state index in [-0.39, 0.29) is 17.2 Å². The van der Waals surface area contributed by atoms with Gasteiger partial charge in [-0.15, -0.1) is 0 Å². The molecule has 0 saturated carbocycles. The number of aryl methyl sites for hydroxylation is 1. The highest BCUT2D eigenvalue weighted by Crippen LogP contribution is 2.27. The number of aromatic nitrogens is 4. The number of nitro benzene ring substituents is 1. The predicted octanol–water partition coefficient (Wildman–Crippen LogP) is 1.52. The second-order valence-electron chi connectivity index (χ2n) is 4.41. The van der Waals surface area contributed by atoms with Gasteiger partial charge in [-0.05, 0) is 6.07 Å². The van der Waals surface area contributed by atoms with Crippen molar-refractivity contribution in [3.05, 3.63) is 40.5 Å². The lowest BCUT2D eigenvalue weighted by Crippen LogP contribution is -2.06. The normalized spacial score (nSPS) is 10.9. The van der Waals surface area contributed by atoms with Crippen LogP contribution in [0.4, 0.5) is 11.7 Å². The highest BCUT2D eigenvalue weighted by Gasteiger charge is 2.17. The molecule has 0 atom stereocenters. The Hall–Kier alpha value is -2.97. The molecule has 1 aromatic carbocycles. The van der Waals surface area contributed by atoms with Gasteiger partial charge in [0.15, 0.2) is 16.9 Å². The highest BCUT2D eigenvalue weighted by atomic mass is 16.6. The van der Waals surface area contributed by atoms with Crippen LogP contribution < -0.4 is 5.32 Å². The van der Waals surface area contributed by atoms with Crippen LogP contribution in [-0.4, -0.2) is 31.2 Å². The first kappa shape index (κ1) is 13.0. The van der Waals surface area contributed by atoms with E-state index >= 15 is 0 Å². The summed E-state index contributed by atoms with van der Waals surface area (Å²) in [5.74, 6) is 0.701. The minimum Gasteiger partial charge on any atom is -0.423 e. The van der Waals surface area contributed by atoms with Crippen LogP contribution in [0.3, 0.4) is 0 Å². The van der Waals surface area contributed by atoms with E-state index in [1.807, 2.05) is 0 Å². The number of nitrogens with one attached hydrogen (secondary N) is 1. The molecular formula is C12H12N6O3. The molecule has 0 unspecified atom stereocenters. The maximum absolute atomic E-state index is 10.9. The van der Waals surface area contributed by atoms with E-state index in [0.29, 0.717) is 24.4 Å². The number of fused-ring (bicyclic) bond motifs is 1. The van der Waals surface area contributed by atoms with Gasteiger partial charge in [0.2, 0.25) is 0 Å². The third-order valence-electron chi connectivity index (χ3n) is 2.87. The molecular weight excluding hydrogens is 276 g/mol. The second kappa shape index (κ2) is 5.19. The lowest BCUT2D eigenvalue weighted by atomic mass is 10.3. The molecule has 9 heteroatoms. The molecule has 2 heterocycles. The number of hydrogen-bond donors (Lipinski definition) is 1. The Labute approximate surface area is 118 Å². The number of non-ortho nitro benzene ring substituents is 1. The lowest BCUT2D eigenvalue weighted by Gasteiger charge is -1.97. The average Bonchev–Trinajstić information content (AvgIpc) is 3.04. The smallest absolute Gasteiger partial charge is 0.298 e. The van der Waals surface area contributed by atoms with Crippen LogP contribution in [0.5, 0.6) is 0 Å². The van der Waals surface area contributed by atoms with Crippen molar-refractivity contribution in [3.8, 4) is 0 Å². The third kappa shape index (κ3) is 2.66. The molecule has 0 aliphatic carbocycles. The molecule has 0 aliphatic heterocycles. The second-order valence-corrected chi connectivity index (χ2v) is 4.41. The summed E-state index contributed by atoms with van der Waals surface area (Å²) in [5, 5.41) is 18.0. The molecule has 1 N–H and O–H groups in total. The van der Waals surface area contributed by atoms with Crippen LogP contribution >= 0.6 is 0 Å². The zero-order valence-electron chi connectivity index (χ0n) is 11.2. The van der Waals surface area contributed by atoms with E-state index in [9.17, 15) is 10.1 Å². The molecule has 0 aliphatic rings. The number of para-hydroxylation sites is 1. The summed E-state index contributed by atoms with van der Waals surface area (Å²) in [4.78, 5) is 18.6. The number of benzene rings is 1. The predicted molar refractivity (Wildman–Crippen MR) is 73.9 cm³/mol. The molecule has 21 heavy (non-hydrogen) atoms. The first-order chi connectivity index (χ1) is 10.1. The molecule has 3 aromatic rings. The first-order valence-corrected chi connectivity index (χ1v) is 6.26. The molecule has 0 saturated heterocycles. The summed E-state index contributed by atoms with van der Waals surface area (Å²) in [6.45, 7) is 0.518. The van der Waals surface area contributed by atoms with Crippen LogP contribution in [0, 0.1) is 10.1 Å². The van der Waals surface area contributed by atoms with Gasteiger partial charge in [0, 0.05) is 26.1 Å². The molecule has 0 spiro atoms. The summed E-state index contributed by atoms with van der Waals surface area (Å²) in [5.41, 5.74) is 0.541. The maximum Gasteiger partial charge on any atom is 0.298 e. The van der Waals surface area contributed by atoms with E-state index in [0.717, 1.165) is 0 Å². The van der Waals surface area contributed by atoms with Crippen molar-refractivity contribution in [1.82, 2.24) is 19.7 Å².